The lowest BCUT2D eigenvalue weighted by Gasteiger charge is -2.10. The van der Waals surface area contributed by atoms with E-state index in [2.05, 4.69) is 10.5 Å². The first-order chi connectivity index (χ1) is 10.3. The summed E-state index contributed by atoms with van der Waals surface area (Å²) < 4.78 is 12.3. The second kappa shape index (κ2) is 6.71. The second-order valence-corrected chi connectivity index (χ2v) is 5.46. The number of aliphatic hydroxyl groups excluding tert-OH is 1. The Morgan fingerprint density at radius 1 is 1.38 bits per heavy atom. The Bertz CT molecular complexity index is 646. The maximum atomic E-state index is 9.96. The summed E-state index contributed by atoms with van der Waals surface area (Å²) in [6, 6.07) is 7.62. The van der Waals surface area contributed by atoms with Crippen molar-refractivity contribution in [3.05, 3.63) is 53.2 Å². The highest BCUT2D eigenvalue weighted by molar-refractivity contribution is 7.08. The molecule has 3 aromatic rings. The number of hydrogen-bond donors (Lipinski definition) is 1. The first kappa shape index (κ1) is 14.1. The Labute approximate surface area is 126 Å². The summed E-state index contributed by atoms with van der Waals surface area (Å²) in [5.74, 6) is 0.751. The summed E-state index contributed by atoms with van der Waals surface area (Å²) in [6.45, 7) is 1.01. The Morgan fingerprint density at radius 2 is 2.33 bits per heavy atom. The van der Waals surface area contributed by atoms with E-state index in [1.165, 1.54) is 0 Å². The molecule has 0 aliphatic carbocycles. The number of aromatic nitrogens is 2. The van der Waals surface area contributed by atoms with Gasteiger partial charge in [0.2, 0.25) is 0 Å². The van der Waals surface area contributed by atoms with Crippen molar-refractivity contribution in [1.29, 1.82) is 0 Å². The zero-order valence-corrected chi connectivity index (χ0v) is 12.2. The fourth-order valence-electron chi connectivity index (χ4n) is 1.99. The number of rotatable bonds is 7. The van der Waals surface area contributed by atoms with Gasteiger partial charge in [-0.15, -0.1) is 0 Å². The van der Waals surface area contributed by atoms with E-state index in [1.807, 2.05) is 35.8 Å². The lowest BCUT2D eigenvalue weighted by Crippen LogP contribution is -2.22. The summed E-state index contributed by atoms with van der Waals surface area (Å²) in [5.41, 5.74) is 2.02. The Morgan fingerprint density at radius 3 is 3.10 bits per heavy atom. The van der Waals surface area contributed by atoms with Crippen molar-refractivity contribution in [1.82, 2.24) is 9.78 Å². The third kappa shape index (κ3) is 3.81. The van der Waals surface area contributed by atoms with Crippen LogP contribution >= 0.6 is 11.3 Å². The predicted octanol–water partition coefficient (Wildman–Crippen LogP) is 2.78. The van der Waals surface area contributed by atoms with Crippen LogP contribution in [0.15, 0.2) is 51.9 Å². The average molecular weight is 304 g/mol. The van der Waals surface area contributed by atoms with Gasteiger partial charge in [-0.2, -0.15) is 16.4 Å². The first-order valence-corrected chi connectivity index (χ1v) is 7.60. The van der Waals surface area contributed by atoms with Crippen molar-refractivity contribution < 1.29 is 14.3 Å². The molecule has 3 aromatic heterocycles. The van der Waals surface area contributed by atoms with Crippen LogP contribution in [0.5, 0.6) is 0 Å². The van der Waals surface area contributed by atoms with Gasteiger partial charge in [0.15, 0.2) is 0 Å². The zero-order chi connectivity index (χ0) is 14.5. The minimum Gasteiger partial charge on any atom is -0.467 e. The molecule has 0 aliphatic heterocycles. The molecule has 1 N–H and O–H groups in total. The third-order valence-electron chi connectivity index (χ3n) is 2.99. The van der Waals surface area contributed by atoms with E-state index in [4.69, 9.17) is 9.15 Å². The van der Waals surface area contributed by atoms with Gasteiger partial charge in [0, 0.05) is 17.1 Å². The minimum atomic E-state index is -0.602. The summed E-state index contributed by atoms with van der Waals surface area (Å²) in [5, 5.41) is 18.5. The van der Waals surface area contributed by atoms with Crippen molar-refractivity contribution in [3.8, 4) is 11.3 Å². The molecule has 0 saturated heterocycles. The second-order valence-electron chi connectivity index (χ2n) is 4.68. The maximum Gasteiger partial charge on any atom is 0.129 e. The van der Waals surface area contributed by atoms with Crippen molar-refractivity contribution in [2.24, 2.45) is 0 Å². The van der Waals surface area contributed by atoms with Gasteiger partial charge in [-0.3, -0.25) is 4.68 Å². The van der Waals surface area contributed by atoms with Crippen LogP contribution in [-0.2, 0) is 17.9 Å². The number of thiophene rings is 1. The van der Waals surface area contributed by atoms with Crippen LogP contribution < -0.4 is 0 Å². The molecule has 3 rings (SSSR count). The van der Waals surface area contributed by atoms with Gasteiger partial charge in [0.1, 0.15) is 12.4 Å². The Kier molecular flexibility index (Phi) is 4.49. The number of aliphatic hydroxyl groups is 1. The largest absolute Gasteiger partial charge is 0.467 e. The Hall–Kier alpha value is -1.89. The molecule has 3 heterocycles. The van der Waals surface area contributed by atoms with Gasteiger partial charge in [-0.25, -0.2) is 0 Å². The molecular formula is C15H16N2O3S. The quantitative estimate of drug-likeness (QED) is 0.729. The van der Waals surface area contributed by atoms with E-state index in [0.717, 1.165) is 17.0 Å². The molecule has 110 valence electrons. The minimum absolute atomic E-state index is 0.244. The first-order valence-electron chi connectivity index (χ1n) is 6.65. The van der Waals surface area contributed by atoms with Gasteiger partial charge in [0.05, 0.1) is 31.2 Å². The summed E-state index contributed by atoms with van der Waals surface area (Å²) >= 11 is 1.64. The highest BCUT2D eigenvalue weighted by Gasteiger charge is 2.09. The van der Waals surface area contributed by atoms with Gasteiger partial charge in [-0.1, -0.05) is 0 Å². The summed E-state index contributed by atoms with van der Waals surface area (Å²) in [7, 11) is 0. The van der Waals surface area contributed by atoms with Gasteiger partial charge in [0.25, 0.3) is 0 Å². The molecule has 0 saturated carbocycles. The number of hydrogen-bond acceptors (Lipinski definition) is 5. The Balaban J connectivity index is 1.47. The normalized spacial score (nSPS) is 12.6. The fourth-order valence-corrected chi connectivity index (χ4v) is 2.64. The molecule has 0 fully saturated rings. The highest BCUT2D eigenvalue weighted by atomic mass is 32.1. The molecular weight excluding hydrogens is 288 g/mol. The molecule has 0 unspecified atom stereocenters. The summed E-state index contributed by atoms with van der Waals surface area (Å²) in [6.07, 6.45) is 2.86. The molecule has 0 radical (unpaired) electrons. The molecule has 0 aliphatic rings. The smallest absolute Gasteiger partial charge is 0.129 e. The maximum absolute atomic E-state index is 9.96. The SMILES string of the molecule is O[C@@H](COCc1ccco1)Cn1ccc(-c2ccsc2)n1. The van der Waals surface area contributed by atoms with Crippen LogP contribution in [0.2, 0.25) is 0 Å². The fraction of sp³-hybridized carbons (Fsp3) is 0.267. The van der Waals surface area contributed by atoms with Crippen molar-refractivity contribution in [2.45, 2.75) is 19.3 Å². The van der Waals surface area contributed by atoms with Gasteiger partial charge >= 0.3 is 0 Å². The van der Waals surface area contributed by atoms with E-state index < -0.39 is 6.10 Å². The van der Waals surface area contributed by atoms with Crippen molar-refractivity contribution >= 4 is 11.3 Å². The lowest BCUT2D eigenvalue weighted by molar-refractivity contribution is 0.0132. The van der Waals surface area contributed by atoms with Crippen LogP contribution in [-0.4, -0.2) is 27.6 Å². The van der Waals surface area contributed by atoms with Gasteiger partial charge in [-0.05, 0) is 29.6 Å². The molecule has 0 aromatic carbocycles. The summed E-state index contributed by atoms with van der Waals surface area (Å²) in [4.78, 5) is 0. The number of furan rings is 1. The van der Waals surface area contributed by atoms with E-state index in [9.17, 15) is 5.11 Å². The standard InChI is InChI=1S/C15H16N2O3S/c18-13(9-19-10-14-2-1-6-20-14)8-17-5-3-15(16-17)12-4-7-21-11-12/h1-7,11,13,18H,8-10H2/t13-/m1/s1. The molecule has 6 heteroatoms. The van der Waals surface area contributed by atoms with Crippen LogP contribution in [0.1, 0.15) is 5.76 Å². The third-order valence-corrected chi connectivity index (χ3v) is 3.67. The molecule has 0 amide bonds. The monoisotopic (exact) mass is 304 g/mol. The number of ether oxygens (including phenoxy) is 1. The predicted molar refractivity (Wildman–Crippen MR) is 79.9 cm³/mol. The lowest BCUT2D eigenvalue weighted by atomic mass is 10.2. The van der Waals surface area contributed by atoms with Crippen molar-refractivity contribution in [2.75, 3.05) is 6.61 Å². The number of nitrogens with zero attached hydrogens (tertiary/aromatic N) is 2. The molecule has 0 spiro atoms. The average Bonchev–Trinajstić information content (AvgIpc) is 3.21. The van der Waals surface area contributed by atoms with E-state index in [-0.39, 0.29) is 6.61 Å². The molecule has 0 bridgehead atoms. The topological polar surface area (TPSA) is 60.4 Å². The molecule has 21 heavy (non-hydrogen) atoms. The molecule has 1 atom stereocenters. The van der Waals surface area contributed by atoms with Gasteiger partial charge < -0.3 is 14.3 Å². The van der Waals surface area contributed by atoms with Crippen LogP contribution in [0, 0.1) is 0 Å². The molecule has 5 nitrogen and oxygen atoms in total. The van der Waals surface area contributed by atoms with Crippen LogP contribution in [0.3, 0.4) is 0 Å². The van der Waals surface area contributed by atoms with E-state index in [0.29, 0.717) is 13.2 Å². The highest BCUT2D eigenvalue weighted by Crippen LogP contribution is 2.19. The van der Waals surface area contributed by atoms with Crippen molar-refractivity contribution in [3.63, 3.8) is 0 Å². The zero-order valence-electron chi connectivity index (χ0n) is 11.4. The van der Waals surface area contributed by atoms with Crippen LogP contribution in [0.25, 0.3) is 11.3 Å². The van der Waals surface area contributed by atoms with Crippen LogP contribution in [0.4, 0.5) is 0 Å². The van der Waals surface area contributed by atoms with E-state index >= 15 is 0 Å². The van der Waals surface area contributed by atoms with E-state index in [1.54, 1.807) is 22.3 Å².